The van der Waals surface area contributed by atoms with E-state index in [4.69, 9.17) is 0 Å². The van der Waals surface area contributed by atoms with Gasteiger partial charge < -0.3 is 9.55 Å². The van der Waals surface area contributed by atoms with Crippen LogP contribution in [0.2, 0.25) is 0 Å². The molecule has 5 nitrogen and oxygen atoms in total. The zero-order valence-corrected chi connectivity index (χ0v) is 7.87. The maximum Gasteiger partial charge on any atom is 0.282 e. The van der Waals surface area contributed by atoms with Crippen LogP contribution in [-0.2, 0) is 7.05 Å². The highest BCUT2D eigenvalue weighted by molar-refractivity contribution is 5.73. The molecule has 0 unspecified atom stereocenters. The van der Waals surface area contributed by atoms with Crippen molar-refractivity contribution in [3.8, 4) is 0 Å². The number of rotatable bonds is 0. The number of H-pyrrole nitrogens is 1. The largest absolute Gasteiger partial charge is 0.319 e. The van der Waals surface area contributed by atoms with Gasteiger partial charge in [-0.1, -0.05) is 0 Å². The summed E-state index contributed by atoms with van der Waals surface area (Å²) in [5, 5.41) is 0.428. The van der Waals surface area contributed by atoms with E-state index in [2.05, 4.69) is 9.97 Å². The van der Waals surface area contributed by atoms with Crippen LogP contribution in [0.1, 0.15) is 5.82 Å². The van der Waals surface area contributed by atoms with Crippen molar-refractivity contribution < 1.29 is 0 Å². The van der Waals surface area contributed by atoms with E-state index in [9.17, 15) is 9.59 Å². The van der Waals surface area contributed by atoms with Gasteiger partial charge in [0.1, 0.15) is 11.5 Å². The molecule has 0 radical (unpaired) electrons. The summed E-state index contributed by atoms with van der Waals surface area (Å²) in [6.07, 6.45) is 0. The molecule has 1 N–H and O–H groups in total. The summed E-state index contributed by atoms with van der Waals surface area (Å²) in [6, 6.07) is 2.81. The van der Waals surface area contributed by atoms with E-state index in [1.807, 2.05) is 0 Å². The molecule has 0 atom stereocenters. The van der Waals surface area contributed by atoms with Crippen LogP contribution in [0.25, 0.3) is 11.0 Å². The average molecular weight is 191 g/mol. The van der Waals surface area contributed by atoms with Gasteiger partial charge in [0.05, 0.1) is 5.39 Å². The zero-order chi connectivity index (χ0) is 10.3. The van der Waals surface area contributed by atoms with Crippen LogP contribution >= 0.6 is 0 Å². The Morgan fingerprint density at radius 3 is 2.79 bits per heavy atom. The fraction of sp³-hybridized carbons (Fsp3) is 0.222. The van der Waals surface area contributed by atoms with Gasteiger partial charge in [-0.15, -0.1) is 0 Å². The third-order valence-electron chi connectivity index (χ3n) is 2.21. The Morgan fingerprint density at radius 1 is 1.36 bits per heavy atom. The second-order valence-electron chi connectivity index (χ2n) is 3.11. The number of fused-ring (bicyclic) bond motifs is 1. The normalized spacial score (nSPS) is 10.7. The van der Waals surface area contributed by atoms with Gasteiger partial charge in [0.15, 0.2) is 0 Å². The molecule has 0 aromatic carbocycles. The van der Waals surface area contributed by atoms with Crippen molar-refractivity contribution in [3.05, 3.63) is 38.7 Å². The van der Waals surface area contributed by atoms with E-state index in [0.717, 1.165) is 0 Å². The number of hydrogen-bond donors (Lipinski definition) is 1. The van der Waals surface area contributed by atoms with Gasteiger partial charge in [-0.2, -0.15) is 4.98 Å². The van der Waals surface area contributed by atoms with Crippen LogP contribution in [0.4, 0.5) is 0 Å². The fourth-order valence-corrected chi connectivity index (χ4v) is 1.34. The number of pyridine rings is 1. The molecule has 0 spiro atoms. The lowest BCUT2D eigenvalue weighted by molar-refractivity contribution is 0.824. The van der Waals surface area contributed by atoms with Gasteiger partial charge in [-0.05, 0) is 13.0 Å². The average Bonchev–Trinajstić information content (AvgIpc) is 2.14. The van der Waals surface area contributed by atoms with Crippen LogP contribution in [0.5, 0.6) is 0 Å². The summed E-state index contributed by atoms with van der Waals surface area (Å²) in [6.45, 7) is 1.71. The van der Waals surface area contributed by atoms with Gasteiger partial charge >= 0.3 is 0 Å². The van der Waals surface area contributed by atoms with Crippen molar-refractivity contribution in [2.45, 2.75) is 6.92 Å². The Kier molecular flexibility index (Phi) is 1.73. The third-order valence-corrected chi connectivity index (χ3v) is 2.21. The molecule has 0 aliphatic rings. The van der Waals surface area contributed by atoms with E-state index < -0.39 is 0 Å². The van der Waals surface area contributed by atoms with Crippen LogP contribution in [0, 0.1) is 6.92 Å². The van der Waals surface area contributed by atoms with Gasteiger partial charge in [0.25, 0.3) is 5.56 Å². The highest BCUT2D eigenvalue weighted by Crippen LogP contribution is 2.02. The summed E-state index contributed by atoms with van der Waals surface area (Å²) in [5.74, 6) is 0.573. The lowest BCUT2D eigenvalue weighted by atomic mass is 10.3. The Hall–Kier alpha value is -1.91. The Labute approximate surface area is 79.0 Å². The Balaban J connectivity index is 3.11. The van der Waals surface area contributed by atoms with Crippen molar-refractivity contribution in [2.24, 2.45) is 7.05 Å². The Morgan fingerprint density at radius 2 is 2.07 bits per heavy atom. The third kappa shape index (κ3) is 1.14. The van der Waals surface area contributed by atoms with Crippen molar-refractivity contribution in [2.75, 3.05) is 0 Å². The second-order valence-corrected chi connectivity index (χ2v) is 3.11. The van der Waals surface area contributed by atoms with E-state index in [-0.39, 0.29) is 11.1 Å². The summed E-state index contributed by atoms with van der Waals surface area (Å²) in [4.78, 5) is 28.9. The summed E-state index contributed by atoms with van der Waals surface area (Å²) in [5.41, 5.74) is -0.0278. The number of aromatic amines is 1. The zero-order valence-electron chi connectivity index (χ0n) is 7.87. The van der Waals surface area contributed by atoms with Crippen molar-refractivity contribution in [1.82, 2.24) is 14.5 Å². The van der Waals surface area contributed by atoms with Crippen molar-refractivity contribution in [1.29, 1.82) is 0 Å². The maximum absolute atomic E-state index is 11.4. The molecular weight excluding hydrogens is 182 g/mol. The molecule has 5 heteroatoms. The SMILES string of the molecule is Cc1nc(=O)c2ccc(=O)[nH]c2n1C. The van der Waals surface area contributed by atoms with Gasteiger partial charge in [-0.25, -0.2) is 0 Å². The van der Waals surface area contributed by atoms with Gasteiger partial charge in [-0.3, -0.25) is 9.59 Å². The molecule has 14 heavy (non-hydrogen) atoms. The molecular formula is C9H9N3O2. The fourth-order valence-electron chi connectivity index (χ4n) is 1.34. The van der Waals surface area contributed by atoms with Gasteiger partial charge in [0, 0.05) is 13.1 Å². The number of hydrogen-bond acceptors (Lipinski definition) is 3. The van der Waals surface area contributed by atoms with Crippen molar-refractivity contribution in [3.63, 3.8) is 0 Å². The lowest BCUT2D eigenvalue weighted by Gasteiger charge is -2.06. The number of aromatic nitrogens is 3. The number of nitrogens with one attached hydrogen (secondary N) is 1. The molecule has 0 saturated carbocycles. The first kappa shape index (κ1) is 8.68. The highest BCUT2D eigenvalue weighted by Gasteiger charge is 2.04. The minimum absolute atomic E-state index is 0.224. The van der Waals surface area contributed by atoms with E-state index in [0.29, 0.717) is 16.9 Å². The molecule has 2 rings (SSSR count). The molecule has 2 aromatic rings. The molecule has 0 bridgehead atoms. The highest BCUT2D eigenvalue weighted by atomic mass is 16.1. The van der Waals surface area contributed by atoms with Crippen LogP contribution in [0.15, 0.2) is 21.7 Å². The number of nitrogens with zero attached hydrogens (tertiary/aromatic N) is 2. The van der Waals surface area contributed by atoms with E-state index >= 15 is 0 Å². The van der Waals surface area contributed by atoms with E-state index in [1.165, 1.54) is 12.1 Å². The van der Waals surface area contributed by atoms with Crippen LogP contribution in [0.3, 0.4) is 0 Å². The Bertz CT molecular complexity index is 609. The second kappa shape index (κ2) is 2.80. The summed E-state index contributed by atoms with van der Waals surface area (Å²) in [7, 11) is 1.75. The van der Waals surface area contributed by atoms with Gasteiger partial charge in [0.2, 0.25) is 5.56 Å². The molecule has 2 aromatic heterocycles. The minimum atomic E-state index is -0.313. The minimum Gasteiger partial charge on any atom is -0.319 e. The lowest BCUT2D eigenvalue weighted by Crippen LogP contribution is -2.18. The summed E-state index contributed by atoms with van der Waals surface area (Å²) < 4.78 is 1.68. The predicted molar refractivity (Wildman–Crippen MR) is 52.3 cm³/mol. The monoisotopic (exact) mass is 191 g/mol. The molecule has 0 aliphatic carbocycles. The van der Waals surface area contributed by atoms with Crippen LogP contribution < -0.4 is 11.1 Å². The predicted octanol–water partition coefficient (Wildman–Crippen LogP) is -0.0698. The number of aryl methyl sites for hydroxylation is 2. The molecule has 0 saturated heterocycles. The first-order valence-electron chi connectivity index (χ1n) is 4.16. The van der Waals surface area contributed by atoms with Crippen LogP contribution in [-0.4, -0.2) is 14.5 Å². The van der Waals surface area contributed by atoms with E-state index in [1.54, 1.807) is 18.5 Å². The first-order valence-corrected chi connectivity index (χ1v) is 4.16. The standard InChI is InChI=1S/C9H9N3O2/c1-5-10-9(14)6-3-4-7(13)11-8(6)12(5)2/h3-4H,1-2H3,(H,11,13). The molecule has 0 aliphatic heterocycles. The summed E-state index contributed by atoms with van der Waals surface area (Å²) >= 11 is 0. The quantitative estimate of drug-likeness (QED) is 0.633. The smallest absolute Gasteiger partial charge is 0.282 e. The topological polar surface area (TPSA) is 67.8 Å². The first-order chi connectivity index (χ1) is 6.59. The van der Waals surface area contributed by atoms with Crippen molar-refractivity contribution >= 4 is 11.0 Å². The molecule has 0 fully saturated rings. The maximum atomic E-state index is 11.4. The molecule has 2 heterocycles. The molecule has 72 valence electrons. The molecule has 0 amide bonds.